The number of benzene rings is 5. The number of hydrogen-bond donors (Lipinski definition) is 2. The van der Waals surface area contributed by atoms with E-state index in [4.69, 9.17) is 19.4 Å². The minimum Gasteiger partial charge on any atom is -0.435 e. The van der Waals surface area contributed by atoms with Gasteiger partial charge in [-0.2, -0.15) is 0 Å². The van der Waals surface area contributed by atoms with Gasteiger partial charge in [0.05, 0.1) is 11.4 Å². The lowest BCUT2D eigenvalue weighted by Crippen LogP contribution is -2.45. The largest absolute Gasteiger partial charge is 0.435 e. The average molecular weight is 558 g/mol. The number of rotatable bonds is 5. The summed E-state index contributed by atoms with van der Waals surface area (Å²) in [7, 11) is 0. The van der Waals surface area contributed by atoms with Crippen molar-refractivity contribution < 1.29 is 4.42 Å². The summed E-state index contributed by atoms with van der Waals surface area (Å²) in [6, 6.07) is 47.2. The highest BCUT2D eigenvalue weighted by Gasteiger charge is 2.26. The molecule has 43 heavy (non-hydrogen) atoms. The van der Waals surface area contributed by atoms with Crippen LogP contribution in [0.5, 0.6) is 0 Å². The van der Waals surface area contributed by atoms with Gasteiger partial charge < -0.3 is 9.73 Å². The van der Waals surface area contributed by atoms with Gasteiger partial charge in [0, 0.05) is 22.1 Å². The zero-order chi connectivity index (χ0) is 28.6. The summed E-state index contributed by atoms with van der Waals surface area (Å²) in [6.45, 7) is 0. The quantitative estimate of drug-likeness (QED) is 0.224. The van der Waals surface area contributed by atoms with Crippen LogP contribution in [0.15, 0.2) is 149 Å². The predicted molar refractivity (Wildman–Crippen MR) is 171 cm³/mol. The molecular formula is C37H27N5O. The minimum atomic E-state index is -0.233. The normalized spacial score (nSPS) is 16.6. The number of aromatic nitrogens is 2. The molecule has 3 heterocycles. The van der Waals surface area contributed by atoms with Crippen molar-refractivity contribution in [3.63, 3.8) is 0 Å². The molecule has 0 amide bonds. The SMILES string of the molecule is c1ccc(C2=NC(c3ccccc3)NC(c3cccc(-c4ccc5c(ccc6nc(-c7ccccc7)oc65)c4)n3)N2)cc1. The molecule has 2 unspecified atom stereocenters. The highest BCUT2D eigenvalue weighted by Crippen LogP contribution is 2.33. The number of amidine groups is 1. The van der Waals surface area contributed by atoms with E-state index in [1.54, 1.807) is 0 Å². The first kappa shape index (κ1) is 25.1. The van der Waals surface area contributed by atoms with Crippen molar-refractivity contribution in [2.75, 3.05) is 0 Å². The Hall–Kier alpha value is -5.59. The van der Waals surface area contributed by atoms with Crippen LogP contribution in [0.4, 0.5) is 0 Å². The molecule has 0 saturated carbocycles. The summed E-state index contributed by atoms with van der Waals surface area (Å²) >= 11 is 0. The molecule has 0 fully saturated rings. The first-order valence-corrected chi connectivity index (χ1v) is 14.4. The third-order valence-corrected chi connectivity index (χ3v) is 7.78. The fourth-order valence-electron chi connectivity index (χ4n) is 5.61. The number of nitrogens with one attached hydrogen (secondary N) is 2. The second-order valence-electron chi connectivity index (χ2n) is 10.6. The Kier molecular flexibility index (Phi) is 6.24. The van der Waals surface area contributed by atoms with Crippen LogP contribution in [0.1, 0.15) is 29.2 Å². The first-order valence-electron chi connectivity index (χ1n) is 14.4. The number of oxazole rings is 1. The van der Waals surface area contributed by atoms with Crippen LogP contribution in [-0.4, -0.2) is 15.8 Å². The van der Waals surface area contributed by atoms with Crippen molar-refractivity contribution in [1.82, 2.24) is 20.6 Å². The van der Waals surface area contributed by atoms with E-state index >= 15 is 0 Å². The van der Waals surface area contributed by atoms with Crippen molar-refractivity contribution >= 4 is 27.7 Å². The second kappa shape index (κ2) is 10.7. The summed E-state index contributed by atoms with van der Waals surface area (Å²) in [5, 5.41) is 9.34. The highest BCUT2D eigenvalue weighted by molar-refractivity contribution is 6.04. The molecule has 6 heteroatoms. The smallest absolute Gasteiger partial charge is 0.227 e. The van der Waals surface area contributed by atoms with E-state index in [0.717, 1.165) is 61.3 Å². The van der Waals surface area contributed by atoms with Crippen molar-refractivity contribution in [3.05, 3.63) is 156 Å². The van der Waals surface area contributed by atoms with Crippen LogP contribution in [-0.2, 0) is 0 Å². The molecule has 0 bridgehead atoms. The number of aliphatic imine (C=N–C) groups is 1. The van der Waals surface area contributed by atoms with E-state index in [-0.39, 0.29) is 12.3 Å². The Morgan fingerprint density at radius 1 is 0.605 bits per heavy atom. The van der Waals surface area contributed by atoms with Gasteiger partial charge in [0.1, 0.15) is 23.7 Å². The summed E-state index contributed by atoms with van der Waals surface area (Å²) in [5.41, 5.74) is 7.55. The Labute approximate surface area is 248 Å². The molecule has 2 atom stereocenters. The molecular weight excluding hydrogens is 530 g/mol. The molecule has 1 aliphatic heterocycles. The maximum absolute atomic E-state index is 6.25. The summed E-state index contributed by atoms with van der Waals surface area (Å²) in [4.78, 5) is 14.9. The van der Waals surface area contributed by atoms with Crippen LogP contribution in [0.3, 0.4) is 0 Å². The monoisotopic (exact) mass is 557 g/mol. The van der Waals surface area contributed by atoms with Crippen LogP contribution in [0.2, 0.25) is 0 Å². The van der Waals surface area contributed by atoms with E-state index in [9.17, 15) is 0 Å². The van der Waals surface area contributed by atoms with Crippen LogP contribution in [0, 0.1) is 0 Å². The zero-order valence-electron chi connectivity index (χ0n) is 23.2. The zero-order valence-corrected chi connectivity index (χ0v) is 23.2. The third kappa shape index (κ3) is 4.84. The van der Waals surface area contributed by atoms with Gasteiger partial charge in [-0.3, -0.25) is 5.32 Å². The van der Waals surface area contributed by atoms with Gasteiger partial charge in [-0.1, -0.05) is 97.1 Å². The van der Waals surface area contributed by atoms with E-state index < -0.39 is 0 Å². The Bertz CT molecular complexity index is 2090. The van der Waals surface area contributed by atoms with Crippen molar-refractivity contribution in [1.29, 1.82) is 0 Å². The molecule has 206 valence electrons. The minimum absolute atomic E-state index is 0.209. The van der Waals surface area contributed by atoms with Gasteiger partial charge in [0.25, 0.3) is 0 Å². The number of hydrogen-bond acceptors (Lipinski definition) is 6. The predicted octanol–water partition coefficient (Wildman–Crippen LogP) is 8.05. The maximum atomic E-state index is 6.25. The molecule has 7 aromatic rings. The van der Waals surface area contributed by atoms with Crippen molar-refractivity contribution in [2.24, 2.45) is 4.99 Å². The molecule has 6 nitrogen and oxygen atoms in total. The number of pyridine rings is 1. The Morgan fingerprint density at radius 2 is 1.35 bits per heavy atom. The first-order chi connectivity index (χ1) is 21.3. The Morgan fingerprint density at radius 3 is 2.14 bits per heavy atom. The van der Waals surface area contributed by atoms with E-state index in [1.807, 2.05) is 78.9 Å². The van der Waals surface area contributed by atoms with Gasteiger partial charge in [0.15, 0.2) is 5.58 Å². The van der Waals surface area contributed by atoms with E-state index in [2.05, 4.69) is 71.3 Å². The molecule has 0 spiro atoms. The van der Waals surface area contributed by atoms with Crippen molar-refractivity contribution in [2.45, 2.75) is 12.3 Å². The third-order valence-electron chi connectivity index (χ3n) is 7.78. The van der Waals surface area contributed by atoms with Crippen LogP contribution >= 0.6 is 0 Å². The lowest BCUT2D eigenvalue weighted by Gasteiger charge is -2.31. The number of fused-ring (bicyclic) bond motifs is 3. The molecule has 1 aliphatic rings. The summed E-state index contributed by atoms with van der Waals surface area (Å²) in [6.07, 6.45) is -0.442. The van der Waals surface area contributed by atoms with Crippen molar-refractivity contribution in [3.8, 4) is 22.7 Å². The van der Waals surface area contributed by atoms with Gasteiger partial charge in [-0.25, -0.2) is 15.0 Å². The molecule has 0 aliphatic carbocycles. The topological polar surface area (TPSA) is 75.3 Å². The second-order valence-corrected chi connectivity index (χ2v) is 10.6. The highest BCUT2D eigenvalue weighted by atomic mass is 16.3. The lowest BCUT2D eigenvalue weighted by molar-refractivity contribution is 0.402. The average Bonchev–Trinajstić information content (AvgIpc) is 3.54. The molecule has 0 saturated heterocycles. The van der Waals surface area contributed by atoms with Crippen LogP contribution in [0.25, 0.3) is 44.6 Å². The van der Waals surface area contributed by atoms with Crippen LogP contribution < -0.4 is 10.6 Å². The van der Waals surface area contributed by atoms with Gasteiger partial charge in [-0.15, -0.1) is 0 Å². The number of nitrogens with zero attached hydrogens (tertiary/aromatic N) is 3. The lowest BCUT2D eigenvalue weighted by atomic mass is 10.0. The van der Waals surface area contributed by atoms with Gasteiger partial charge in [0.2, 0.25) is 5.89 Å². The Balaban J connectivity index is 1.14. The van der Waals surface area contributed by atoms with E-state index in [1.165, 1.54) is 0 Å². The molecule has 0 radical (unpaired) electrons. The summed E-state index contributed by atoms with van der Waals surface area (Å²) < 4.78 is 6.25. The standard InChI is InChI=1S/C37H27N5O/c1-4-11-24(12-5-1)34-40-35(25-13-6-2-7-14-25)42-36(41-34)32-18-10-17-30(38-32)28-19-21-29-27(23-28)20-22-31-33(29)43-37(39-31)26-15-8-3-9-16-26/h1-23,34,36,41H,(H,40,42). The molecule has 5 aromatic carbocycles. The molecule has 2 aromatic heterocycles. The molecule has 8 rings (SSSR count). The van der Waals surface area contributed by atoms with E-state index in [0.29, 0.717) is 5.89 Å². The summed E-state index contributed by atoms with van der Waals surface area (Å²) in [5.74, 6) is 1.46. The van der Waals surface area contributed by atoms with Gasteiger partial charge >= 0.3 is 0 Å². The molecule has 2 N–H and O–H groups in total. The van der Waals surface area contributed by atoms with Gasteiger partial charge in [-0.05, 0) is 53.4 Å². The fraction of sp³-hybridized carbons (Fsp3) is 0.0541. The fourth-order valence-corrected chi connectivity index (χ4v) is 5.61. The maximum Gasteiger partial charge on any atom is 0.227 e.